The van der Waals surface area contributed by atoms with Crippen molar-refractivity contribution in [2.45, 2.75) is 24.9 Å². The van der Waals surface area contributed by atoms with Crippen molar-refractivity contribution in [3.63, 3.8) is 0 Å². The molecule has 0 aliphatic carbocycles. The number of morpholine rings is 1. The average molecular weight is 459 g/mol. The van der Waals surface area contributed by atoms with Crippen LogP contribution in [0.15, 0.2) is 29.1 Å². The molecule has 2 aliphatic heterocycles. The van der Waals surface area contributed by atoms with E-state index in [1.54, 1.807) is 11.3 Å². The van der Waals surface area contributed by atoms with E-state index in [1.807, 2.05) is 31.3 Å². The standard InChI is InChI=1S/C17H23N5OS.C2HF3O2/c1-20(2)17-18-5-3-16(19-17)22-6-7-23-15-11-21(10-14(15)22)9-13-4-8-24-12-13;3-2(4,5)1(6)7/h3-5,8,12,14-15H,6-7,9-11H2,1-2H3;(H,6,7)/t14-,15+;/m1./s1. The Morgan fingerprint density at radius 2 is 2.10 bits per heavy atom. The maximum absolute atomic E-state index is 10.6. The van der Waals surface area contributed by atoms with Gasteiger partial charge in [-0.25, -0.2) is 9.78 Å². The summed E-state index contributed by atoms with van der Waals surface area (Å²) in [5.41, 5.74) is 1.39. The summed E-state index contributed by atoms with van der Waals surface area (Å²) in [6, 6.07) is 4.58. The molecule has 2 atom stereocenters. The van der Waals surface area contributed by atoms with Crippen molar-refractivity contribution >= 4 is 29.1 Å². The molecule has 2 saturated heterocycles. The van der Waals surface area contributed by atoms with Crippen molar-refractivity contribution < 1.29 is 27.8 Å². The van der Waals surface area contributed by atoms with Crippen LogP contribution in [0.1, 0.15) is 5.56 Å². The second kappa shape index (κ2) is 9.79. The number of ether oxygens (including phenoxy) is 1. The van der Waals surface area contributed by atoms with Crippen LogP contribution in [-0.2, 0) is 16.1 Å². The first kappa shape index (κ1) is 23.2. The second-order valence-electron chi connectivity index (χ2n) is 7.41. The molecule has 0 saturated carbocycles. The number of likely N-dealkylation sites (tertiary alicyclic amines) is 1. The number of halogens is 3. The number of aromatic nitrogens is 2. The van der Waals surface area contributed by atoms with Crippen LogP contribution in [0.5, 0.6) is 0 Å². The van der Waals surface area contributed by atoms with E-state index in [4.69, 9.17) is 19.6 Å². The van der Waals surface area contributed by atoms with Gasteiger partial charge in [0.15, 0.2) is 0 Å². The highest BCUT2D eigenvalue weighted by Crippen LogP contribution is 2.28. The van der Waals surface area contributed by atoms with Crippen molar-refractivity contribution in [1.29, 1.82) is 0 Å². The lowest BCUT2D eigenvalue weighted by molar-refractivity contribution is -0.192. The highest BCUT2D eigenvalue weighted by atomic mass is 32.1. The predicted octanol–water partition coefficient (Wildman–Crippen LogP) is 2.33. The van der Waals surface area contributed by atoms with E-state index in [0.717, 1.165) is 44.6 Å². The monoisotopic (exact) mass is 459 g/mol. The fourth-order valence-corrected chi connectivity index (χ4v) is 4.19. The van der Waals surface area contributed by atoms with E-state index in [2.05, 4.69) is 31.6 Å². The highest BCUT2D eigenvalue weighted by molar-refractivity contribution is 7.07. The summed E-state index contributed by atoms with van der Waals surface area (Å²) in [4.78, 5) is 24.8. The molecule has 170 valence electrons. The van der Waals surface area contributed by atoms with Gasteiger partial charge in [-0.15, -0.1) is 0 Å². The molecule has 0 aromatic carbocycles. The van der Waals surface area contributed by atoms with Gasteiger partial charge in [0.05, 0.1) is 18.8 Å². The van der Waals surface area contributed by atoms with Gasteiger partial charge in [-0.3, -0.25) is 4.90 Å². The van der Waals surface area contributed by atoms with Crippen LogP contribution in [-0.4, -0.2) is 84.6 Å². The molecule has 2 fully saturated rings. The number of aliphatic carboxylic acids is 1. The summed E-state index contributed by atoms with van der Waals surface area (Å²) in [6.45, 7) is 4.65. The summed E-state index contributed by atoms with van der Waals surface area (Å²) in [6.07, 6.45) is -2.98. The minimum Gasteiger partial charge on any atom is -0.475 e. The van der Waals surface area contributed by atoms with E-state index in [1.165, 1.54) is 5.56 Å². The third-order valence-electron chi connectivity index (χ3n) is 4.93. The minimum absolute atomic E-state index is 0.259. The molecular weight excluding hydrogens is 435 g/mol. The van der Waals surface area contributed by atoms with E-state index >= 15 is 0 Å². The molecule has 0 radical (unpaired) electrons. The van der Waals surface area contributed by atoms with Gasteiger partial charge in [0, 0.05) is 46.5 Å². The number of alkyl halides is 3. The molecule has 0 bridgehead atoms. The molecule has 0 spiro atoms. The number of hydrogen-bond donors (Lipinski definition) is 1. The minimum atomic E-state index is -5.08. The summed E-state index contributed by atoms with van der Waals surface area (Å²) in [5, 5.41) is 11.5. The van der Waals surface area contributed by atoms with Crippen LogP contribution >= 0.6 is 11.3 Å². The molecule has 1 N–H and O–H groups in total. The Balaban J connectivity index is 0.000000339. The summed E-state index contributed by atoms with van der Waals surface area (Å²) in [5.74, 6) is -0.999. The van der Waals surface area contributed by atoms with Crippen molar-refractivity contribution in [2.24, 2.45) is 0 Å². The molecule has 4 rings (SSSR count). The van der Waals surface area contributed by atoms with Gasteiger partial charge in [-0.1, -0.05) is 0 Å². The lowest BCUT2D eigenvalue weighted by Crippen LogP contribution is -2.51. The van der Waals surface area contributed by atoms with Crippen LogP contribution in [0.25, 0.3) is 0 Å². The fraction of sp³-hybridized carbons (Fsp3) is 0.526. The average Bonchev–Trinajstić information content (AvgIpc) is 3.37. The number of rotatable bonds is 4. The SMILES string of the molecule is CN(C)c1nccc(N2CCO[C@H]3CN(Cc4ccsc4)C[C@H]32)n1.O=C(O)C(F)(F)F. The summed E-state index contributed by atoms with van der Waals surface area (Å²) in [7, 11) is 3.94. The van der Waals surface area contributed by atoms with Crippen LogP contribution in [0, 0.1) is 0 Å². The number of nitrogens with zero attached hydrogens (tertiary/aromatic N) is 5. The number of carboxylic acids is 1. The van der Waals surface area contributed by atoms with Crippen molar-refractivity contribution in [3.8, 4) is 0 Å². The van der Waals surface area contributed by atoms with Gasteiger partial charge < -0.3 is 19.6 Å². The topological polar surface area (TPSA) is 82.0 Å². The quantitative estimate of drug-likeness (QED) is 0.746. The molecule has 0 unspecified atom stereocenters. The Labute approximate surface area is 181 Å². The first-order valence-corrected chi connectivity index (χ1v) is 10.5. The van der Waals surface area contributed by atoms with Gasteiger partial charge in [-0.05, 0) is 28.5 Å². The molecule has 0 amide bonds. The number of carboxylic acid groups (broad SMARTS) is 1. The summed E-state index contributed by atoms with van der Waals surface area (Å²) < 4.78 is 37.8. The zero-order valence-electron chi connectivity index (χ0n) is 17.1. The maximum atomic E-state index is 10.6. The van der Waals surface area contributed by atoms with Gasteiger partial charge in [0.2, 0.25) is 5.95 Å². The van der Waals surface area contributed by atoms with Crippen molar-refractivity contribution in [1.82, 2.24) is 14.9 Å². The van der Waals surface area contributed by atoms with E-state index < -0.39 is 12.1 Å². The Hall–Kier alpha value is -2.44. The fourth-order valence-electron chi connectivity index (χ4n) is 3.53. The largest absolute Gasteiger partial charge is 0.490 e. The molecular formula is C19H24F3N5O3S. The van der Waals surface area contributed by atoms with Crippen molar-refractivity contribution in [2.75, 3.05) is 50.1 Å². The van der Waals surface area contributed by atoms with Crippen LogP contribution < -0.4 is 9.80 Å². The van der Waals surface area contributed by atoms with Gasteiger partial charge >= 0.3 is 12.1 Å². The third kappa shape index (κ3) is 6.05. The lowest BCUT2D eigenvalue weighted by atomic mass is 10.1. The third-order valence-corrected chi connectivity index (χ3v) is 5.66. The molecule has 2 aromatic rings. The lowest BCUT2D eigenvalue weighted by Gasteiger charge is -2.37. The Morgan fingerprint density at radius 3 is 2.71 bits per heavy atom. The van der Waals surface area contributed by atoms with Crippen LogP contribution in [0.3, 0.4) is 0 Å². The van der Waals surface area contributed by atoms with Crippen LogP contribution in [0.2, 0.25) is 0 Å². The smallest absolute Gasteiger partial charge is 0.475 e. The van der Waals surface area contributed by atoms with Gasteiger partial charge in [-0.2, -0.15) is 29.5 Å². The second-order valence-corrected chi connectivity index (χ2v) is 8.19. The van der Waals surface area contributed by atoms with Crippen molar-refractivity contribution in [3.05, 3.63) is 34.7 Å². The molecule has 8 nitrogen and oxygen atoms in total. The first-order chi connectivity index (χ1) is 14.6. The van der Waals surface area contributed by atoms with E-state index in [0.29, 0.717) is 6.04 Å². The molecule has 2 aliphatic rings. The first-order valence-electron chi connectivity index (χ1n) is 9.57. The number of anilines is 2. The van der Waals surface area contributed by atoms with E-state index in [-0.39, 0.29) is 6.10 Å². The number of hydrogen-bond acceptors (Lipinski definition) is 8. The molecule has 12 heteroatoms. The molecule has 2 aromatic heterocycles. The zero-order chi connectivity index (χ0) is 22.6. The number of fused-ring (bicyclic) bond motifs is 1. The normalized spacial score (nSPS) is 21.3. The number of thiophene rings is 1. The Bertz CT molecular complexity index is 866. The maximum Gasteiger partial charge on any atom is 0.490 e. The zero-order valence-corrected chi connectivity index (χ0v) is 17.9. The van der Waals surface area contributed by atoms with Crippen LogP contribution in [0.4, 0.5) is 24.9 Å². The van der Waals surface area contributed by atoms with Gasteiger partial charge in [0.25, 0.3) is 0 Å². The molecule has 4 heterocycles. The predicted molar refractivity (Wildman–Crippen MR) is 111 cm³/mol. The Kier molecular flexibility index (Phi) is 7.34. The van der Waals surface area contributed by atoms with Gasteiger partial charge in [0.1, 0.15) is 5.82 Å². The highest BCUT2D eigenvalue weighted by Gasteiger charge is 2.41. The molecule has 31 heavy (non-hydrogen) atoms. The Morgan fingerprint density at radius 1 is 1.35 bits per heavy atom. The number of carbonyl (C=O) groups is 1. The van der Waals surface area contributed by atoms with E-state index in [9.17, 15) is 13.2 Å². The summed E-state index contributed by atoms with van der Waals surface area (Å²) >= 11 is 1.76.